The first-order valence-electron chi connectivity index (χ1n) is 8.34. The first kappa shape index (κ1) is 17.4. The standard InChI is InChI=1S/C22H18O4/c1-2-21(23)16-8-12-20(13-9-16)26-22(24)17-10-14-19(15-11-17)25-18-6-4-3-5-7-18/h3-15H,2H2,1H3. The molecule has 3 aromatic rings. The van der Waals surface area contributed by atoms with Gasteiger partial charge in [0.05, 0.1) is 5.56 Å². The Bertz CT molecular complexity index is 882. The van der Waals surface area contributed by atoms with Gasteiger partial charge in [-0.2, -0.15) is 0 Å². The molecule has 3 aromatic carbocycles. The highest BCUT2D eigenvalue weighted by Gasteiger charge is 2.10. The van der Waals surface area contributed by atoms with Crippen LogP contribution in [0.15, 0.2) is 78.9 Å². The maximum atomic E-state index is 12.2. The summed E-state index contributed by atoms with van der Waals surface area (Å²) in [4.78, 5) is 23.8. The Balaban J connectivity index is 1.63. The molecule has 26 heavy (non-hydrogen) atoms. The predicted molar refractivity (Wildman–Crippen MR) is 99.0 cm³/mol. The normalized spacial score (nSPS) is 10.2. The third-order valence-electron chi connectivity index (χ3n) is 3.78. The third kappa shape index (κ3) is 4.36. The lowest BCUT2D eigenvalue weighted by Gasteiger charge is -2.07. The van der Waals surface area contributed by atoms with Crippen LogP contribution >= 0.6 is 0 Å². The second kappa shape index (κ2) is 8.12. The molecule has 0 amide bonds. The van der Waals surface area contributed by atoms with E-state index in [9.17, 15) is 9.59 Å². The number of carbonyl (C=O) groups excluding carboxylic acids is 2. The van der Waals surface area contributed by atoms with Gasteiger partial charge in [0, 0.05) is 12.0 Å². The molecule has 0 radical (unpaired) electrons. The second-order valence-electron chi connectivity index (χ2n) is 5.63. The van der Waals surface area contributed by atoms with Crippen LogP contribution in [-0.2, 0) is 0 Å². The van der Waals surface area contributed by atoms with E-state index < -0.39 is 5.97 Å². The van der Waals surface area contributed by atoms with Crippen LogP contribution in [0.3, 0.4) is 0 Å². The van der Waals surface area contributed by atoms with Crippen LogP contribution in [0.25, 0.3) is 0 Å². The van der Waals surface area contributed by atoms with E-state index in [1.54, 1.807) is 55.5 Å². The summed E-state index contributed by atoms with van der Waals surface area (Å²) in [5.41, 5.74) is 1.02. The number of ketones is 1. The molecule has 0 unspecified atom stereocenters. The number of carbonyl (C=O) groups is 2. The van der Waals surface area contributed by atoms with Gasteiger partial charge in [-0.15, -0.1) is 0 Å². The number of hydrogen-bond acceptors (Lipinski definition) is 4. The summed E-state index contributed by atoms with van der Waals surface area (Å²) in [6.07, 6.45) is 0.441. The van der Waals surface area contributed by atoms with Gasteiger partial charge in [0.25, 0.3) is 0 Å². The third-order valence-corrected chi connectivity index (χ3v) is 3.78. The average Bonchev–Trinajstić information content (AvgIpc) is 2.69. The highest BCUT2D eigenvalue weighted by molar-refractivity contribution is 5.96. The Morgan fingerprint density at radius 3 is 1.85 bits per heavy atom. The molecular formula is C22H18O4. The van der Waals surface area contributed by atoms with Crippen molar-refractivity contribution in [2.45, 2.75) is 13.3 Å². The van der Waals surface area contributed by atoms with E-state index >= 15 is 0 Å². The Morgan fingerprint density at radius 1 is 0.692 bits per heavy atom. The highest BCUT2D eigenvalue weighted by Crippen LogP contribution is 2.22. The van der Waals surface area contributed by atoms with Gasteiger partial charge in [-0.25, -0.2) is 4.79 Å². The zero-order chi connectivity index (χ0) is 18.4. The van der Waals surface area contributed by atoms with Crippen LogP contribution in [0.1, 0.15) is 34.1 Å². The van der Waals surface area contributed by atoms with Crippen LogP contribution in [0.2, 0.25) is 0 Å². The minimum Gasteiger partial charge on any atom is -0.457 e. The number of hydrogen-bond donors (Lipinski definition) is 0. The Hall–Kier alpha value is -3.40. The van der Waals surface area contributed by atoms with Gasteiger partial charge >= 0.3 is 5.97 Å². The fourth-order valence-electron chi connectivity index (χ4n) is 2.36. The predicted octanol–water partition coefficient (Wildman–Crippen LogP) is 5.29. The van der Waals surface area contributed by atoms with Crippen molar-refractivity contribution >= 4 is 11.8 Å². The molecule has 0 aliphatic heterocycles. The lowest BCUT2D eigenvalue weighted by molar-refractivity contribution is 0.0734. The molecule has 4 heteroatoms. The van der Waals surface area contributed by atoms with E-state index in [4.69, 9.17) is 9.47 Å². The summed E-state index contributed by atoms with van der Waals surface area (Å²) in [7, 11) is 0. The fourth-order valence-corrected chi connectivity index (χ4v) is 2.36. The zero-order valence-electron chi connectivity index (χ0n) is 14.3. The van der Waals surface area contributed by atoms with Crippen LogP contribution in [0.5, 0.6) is 17.2 Å². The van der Waals surface area contributed by atoms with Crippen molar-refractivity contribution in [2.75, 3.05) is 0 Å². The summed E-state index contributed by atoms with van der Waals surface area (Å²) in [5, 5.41) is 0. The summed E-state index contributed by atoms with van der Waals surface area (Å²) >= 11 is 0. The van der Waals surface area contributed by atoms with Crippen molar-refractivity contribution in [3.8, 4) is 17.2 Å². The van der Waals surface area contributed by atoms with Crippen molar-refractivity contribution in [2.24, 2.45) is 0 Å². The summed E-state index contributed by atoms with van der Waals surface area (Å²) in [5.74, 6) is 1.34. The first-order valence-corrected chi connectivity index (χ1v) is 8.34. The fraction of sp³-hybridized carbons (Fsp3) is 0.0909. The van der Waals surface area contributed by atoms with Gasteiger partial charge in [0.15, 0.2) is 5.78 Å². The van der Waals surface area contributed by atoms with E-state index in [2.05, 4.69) is 0 Å². The van der Waals surface area contributed by atoms with Gasteiger partial charge in [-0.05, 0) is 60.7 Å². The maximum Gasteiger partial charge on any atom is 0.343 e. The van der Waals surface area contributed by atoms with Crippen molar-refractivity contribution in [3.63, 3.8) is 0 Å². The van der Waals surface area contributed by atoms with Crippen molar-refractivity contribution < 1.29 is 19.1 Å². The number of rotatable bonds is 6. The number of ether oxygens (including phenoxy) is 2. The van der Waals surface area contributed by atoms with E-state index in [1.807, 2.05) is 30.3 Å². The molecule has 0 aliphatic carbocycles. The van der Waals surface area contributed by atoms with E-state index in [1.165, 1.54) is 0 Å². The largest absolute Gasteiger partial charge is 0.457 e. The molecule has 0 spiro atoms. The highest BCUT2D eigenvalue weighted by atomic mass is 16.5. The lowest BCUT2D eigenvalue weighted by Crippen LogP contribution is -2.08. The lowest BCUT2D eigenvalue weighted by atomic mass is 10.1. The molecule has 0 aromatic heterocycles. The summed E-state index contributed by atoms with van der Waals surface area (Å²) in [6.45, 7) is 1.81. The Labute approximate surface area is 152 Å². The molecule has 0 heterocycles. The van der Waals surface area contributed by atoms with Crippen molar-refractivity contribution in [1.82, 2.24) is 0 Å². The van der Waals surface area contributed by atoms with Crippen LogP contribution in [0, 0.1) is 0 Å². The molecule has 0 N–H and O–H groups in total. The van der Waals surface area contributed by atoms with Gasteiger partial charge in [0.1, 0.15) is 17.2 Å². The number of benzene rings is 3. The molecule has 0 saturated carbocycles. The molecule has 3 rings (SSSR count). The minimum atomic E-state index is -0.467. The number of para-hydroxylation sites is 1. The van der Waals surface area contributed by atoms with E-state index in [0.29, 0.717) is 29.0 Å². The Kier molecular flexibility index (Phi) is 5.44. The van der Waals surface area contributed by atoms with Gasteiger partial charge < -0.3 is 9.47 Å². The molecule has 0 aliphatic rings. The monoisotopic (exact) mass is 346 g/mol. The zero-order valence-corrected chi connectivity index (χ0v) is 14.3. The molecule has 4 nitrogen and oxygen atoms in total. The molecular weight excluding hydrogens is 328 g/mol. The summed E-state index contributed by atoms with van der Waals surface area (Å²) < 4.78 is 11.0. The molecule has 0 fully saturated rings. The Morgan fingerprint density at radius 2 is 1.23 bits per heavy atom. The maximum absolute atomic E-state index is 12.2. The van der Waals surface area contributed by atoms with E-state index in [-0.39, 0.29) is 5.78 Å². The topological polar surface area (TPSA) is 52.6 Å². The van der Waals surface area contributed by atoms with Crippen LogP contribution in [0.4, 0.5) is 0 Å². The minimum absolute atomic E-state index is 0.0527. The quantitative estimate of drug-likeness (QED) is 0.346. The second-order valence-corrected chi connectivity index (χ2v) is 5.63. The van der Waals surface area contributed by atoms with Crippen molar-refractivity contribution in [3.05, 3.63) is 90.0 Å². The number of esters is 1. The van der Waals surface area contributed by atoms with Gasteiger partial charge in [-0.1, -0.05) is 25.1 Å². The first-order chi connectivity index (χ1) is 12.7. The smallest absolute Gasteiger partial charge is 0.343 e. The SMILES string of the molecule is CCC(=O)c1ccc(OC(=O)c2ccc(Oc3ccccc3)cc2)cc1. The number of Topliss-reactive ketones (excluding diaryl/α,β-unsaturated/α-hetero) is 1. The van der Waals surface area contributed by atoms with Gasteiger partial charge in [0.2, 0.25) is 0 Å². The van der Waals surface area contributed by atoms with Gasteiger partial charge in [-0.3, -0.25) is 4.79 Å². The summed E-state index contributed by atoms with van der Waals surface area (Å²) in [6, 6.07) is 22.7. The van der Waals surface area contributed by atoms with E-state index in [0.717, 1.165) is 5.75 Å². The molecule has 0 bridgehead atoms. The van der Waals surface area contributed by atoms with Crippen LogP contribution in [-0.4, -0.2) is 11.8 Å². The molecule has 0 atom stereocenters. The van der Waals surface area contributed by atoms with Crippen LogP contribution < -0.4 is 9.47 Å². The van der Waals surface area contributed by atoms with Crippen molar-refractivity contribution in [1.29, 1.82) is 0 Å². The average molecular weight is 346 g/mol. The molecule has 0 saturated heterocycles. The molecule has 130 valence electrons.